The van der Waals surface area contributed by atoms with Crippen molar-refractivity contribution in [2.75, 3.05) is 5.75 Å². The van der Waals surface area contributed by atoms with Crippen LogP contribution in [0.25, 0.3) is 0 Å². The predicted octanol–water partition coefficient (Wildman–Crippen LogP) is 0.964. The first kappa shape index (κ1) is 8.86. The molecule has 1 heterocycles. The van der Waals surface area contributed by atoms with E-state index in [0.29, 0.717) is 5.03 Å². The van der Waals surface area contributed by atoms with E-state index in [1.54, 1.807) is 6.07 Å². The fraction of sp³-hybridized carbons (Fsp3) is 0.143. The van der Waals surface area contributed by atoms with E-state index in [-0.39, 0.29) is 11.5 Å². The molecule has 0 fully saturated rings. The van der Waals surface area contributed by atoms with Gasteiger partial charge in [0.1, 0.15) is 10.8 Å². The zero-order valence-electron chi connectivity index (χ0n) is 6.10. The maximum atomic E-state index is 10.2. The molecule has 0 aliphatic carbocycles. The van der Waals surface area contributed by atoms with Crippen LogP contribution in [0, 0.1) is 0 Å². The summed E-state index contributed by atoms with van der Waals surface area (Å²) in [5.41, 5.74) is 0. The van der Waals surface area contributed by atoms with Gasteiger partial charge in [-0.25, -0.2) is 4.98 Å². The highest BCUT2D eigenvalue weighted by Gasteiger charge is 2.04. The highest BCUT2D eigenvalue weighted by Crippen LogP contribution is 2.24. The van der Waals surface area contributed by atoms with Crippen LogP contribution in [-0.2, 0) is 4.79 Å². The molecule has 0 aliphatic heterocycles. The molecular weight excluding hydrogens is 178 g/mol. The lowest BCUT2D eigenvalue weighted by atomic mass is 10.5. The maximum absolute atomic E-state index is 10.2. The van der Waals surface area contributed by atoms with Gasteiger partial charge in [0.15, 0.2) is 0 Å². The third kappa shape index (κ3) is 2.43. The topological polar surface area (TPSA) is 70.4 Å². The van der Waals surface area contributed by atoms with Crippen LogP contribution < -0.4 is 0 Å². The fourth-order valence-corrected chi connectivity index (χ4v) is 1.24. The van der Waals surface area contributed by atoms with Crippen LogP contribution in [0.2, 0.25) is 0 Å². The zero-order valence-corrected chi connectivity index (χ0v) is 6.91. The molecule has 64 valence electrons. The summed E-state index contributed by atoms with van der Waals surface area (Å²) in [6.07, 6.45) is 1.50. The van der Waals surface area contributed by atoms with Crippen molar-refractivity contribution in [1.29, 1.82) is 0 Å². The molecule has 0 saturated heterocycles. The molecular formula is C7H7NO3S. The second-order valence-corrected chi connectivity index (χ2v) is 2.97. The second kappa shape index (κ2) is 3.96. The Balaban J connectivity index is 2.63. The molecule has 4 nitrogen and oxygen atoms in total. The summed E-state index contributed by atoms with van der Waals surface area (Å²) in [6, 6.07) is 3.05. The summed E-state index contributed by atoms with van der Waals surface area (Å²) >= 11 is 0.994. The van der Waals surface area contributed by atoms with Crippen molar-refractivity contribution in [1.82, 2.24) is 4.98 Å². The minimum atomic E-state index is -0.926. The summed E-state index contributed by atoms with van der Waals surface area (Å²) in [5, 5.41) is 17.8. The summed E-state index contributed by atoms with van der Waals surface area (Å²) < 4.78 is 0. The number of aliphatic carboxylic acids is 1. The lowest BCUT2D eigenvalue weighted by Gasteiger charge is -1.98. The van der Waals surface area contributed by atoms with E-state index in [9.17, 15) is 4.79 Å². The van der Waals surface area contributed by atoms with Crippen LogP contribution in [0.15, 0.2) is 23.4 Å². The van der Waals surface area contributed by atoms with Crippen LogP contribution >= 0.6 is 11.8 Å². The maximum Gasteiger partial charge on any atom is 0.313 e. The van der Waals surface area contributed by atoms with Crippen molar-refractivity contribution in [2.24, 2.45) is 0 Å². The molecule has 1 rings (SSSR count). The zero-order chi connectivity index (χ0) is 8.97. The fourth-order valence-electron chi connectivity index (χ4n) is 0.624. The molecule has 0 radical (unpaired) electrons. The van der Waals surface area contributed by atoms with E-state index in [0.717, 1.165) is 11.8 Å². The van der Waals surface area contributed by atoms with E-state index in [2.05, 4.69) is 4.98 Å². The van der Waals surface area contributed by atoms with Crippen LogP contribution in [0.1, 0.15) is 0 Å². The molecule has 5 heteroatoms. The summed E-state index contributed by atoms with van der Waals surface area (Å²) in [4.78, 5) is 14.0. The van der Waals surface area contributed by atoms with E-state index in [4.69, 9.17) is 10.2 Å². The molecule has 0 unspecified atom stereocenters. The van der Waals surface area contributed by atoms with Crippen molar-refractivity contribution in [3.05, 3.63) is 18.3 Å². The van der Waals surface area contributed by atoms with E-state index in [1.165, 1.54) is 12.3 Å². The van der Waals surface area contributed by atoms with E-state index < -0.39 is 5.97 Å². The molecule has 0 saturated carbocycles. The predicted molar refractivity (Wildman–Crippen MR) is 44.3 cm³/mol. The van der Waals surface area contributed by atoms with Gasteiger partial charge in [-0.15, -0.1) is 0 Å². The van der Waals surface area contributed by atoms with Crippen molar-refractivity contribution in [3.63, 3.8) is 0 Å². The first-order valence-electron chi connectivity index (χ1n) is 3.18. The smallest absolute Gasteiger partial charge is 0.313 e. The Morgan fingerprint density at radius 3 is 3.00 bits per heavy atom. The highest BCUT2D eigenvalue weighted by molar-refractivity contribution is 8.00. The largest absolute Gasteiger partial charge is 0.505 e. The third-order valence-corrected chi connectivity index (χ3v) is 2.06. The number of aromatic hydroxyl groups is 1. The van der Waals surface area contributed by atoms with Crippen LogP contribution in [0.4, 0.5) is 0 Å². The number of rotatable bonds is 3. The van der Waals surface area contributed by atoms with E-state index >= 15 is 0 Å². The molecule has 0 atom stereocenters. The van der Waals surface area contributed by atoms with Gasteiger partial charge in [0.05, 0.1) is 5.75 Å². The SMILES string of the molecule is O=C(O)CSc1ncccc1O. The molecule has 0 aliphatic rings. The van der Waals surface area contributed by atoms with Crippen molar-refractivity contribution >= 4 is 17.7 Å². The minimum absolute atomic E-state index is 0.0174. The Hall–Kier alpha value is -1.23. The molecule has 0 amide bonds. The van der Waals surface area contributed by atoms with Gasteiger partial charge in [-0.05, 0) is 12.1 Å². The molecule has 0 bridgehead atoms. The van der Waals surface area contributed by atoms with Gasteiger partial charge < -0.3 is 10.2 Å². The normalized spacial score (nSPS) is 9.67. The van der Waals surface area contributed by atoms with Gasteiger partial charge >= 0.3 is 5.97 Å². The average molecular weight is 185 g/mol. The first-order valence-corrected chi connectivity index (χ1v) is 4.17. The van der Waals surface area contributed by atoms with Crippen molar-refractivity contribution in [3.8, 4) is 5.75 Å². The summed E-state index contributed by atoms with van der Waals surface area (Å²) in [7, 11) is 0. The van der Waals surface area contributed by atoms with E-state index in [1.807, 2.05) is 0 Å². The number of hydrogen-bond donors (Lipinski definition) is 2. The van der Waals surface area contributed by atoms with Crippen LogP contribution in [-0.4, -0.2) is 26.9 Å². The Bertz CT molecular complexity index is 290. The molecule has 1 aromatic rings. The number of thioether (sulfide) groups is 1. The number of carboxylic acid groups (broad SMARTS) is 1. The Morgan fingerprint density at radius 1 is 1.67 bits per heavy atom. The lowest BCUT2D eigenvalue weighted by molar-refractivity contribution is -0.133. The average Bonchev–Trinajstić information content (AvgIpc) is 2.03. The molecule has 0 aromatic carbocycles. The number of aromatic nitrogens is 1. The molecule has 1 aromatic heterocycles. The quantitative estimate of drug-likeness (QED) is 0.686. The van der Waals surface area contributed by atoms with Crippen LogP contribution in [0.5, 0.6) is 5.75 Å². The Morgan fingerprint density at radius 2 is 2.42 bits per heavy atom. The van der Waals surface area contributed by atoms with Crippen LogP contribution in [0.3, 0.4) is 0 Å². The Labute approximate surface area is 73.3 Å². The third-order valence-electron chi connectivity index (χ3n) is 1.08. The summed E-state index contributed by atoms with van der Waals surface area (Å²) in [5.74, 6) is -1.00. The number of carbonyl (C=O) groups is 1. The molecule has 12 heavy (non-hydrogen) atoms. The van der Waals surface area contributed by atoms with Crippen molar-refractivity contribution < 1.29 is 15.0 Å². The standard InChI is InChI=1S/C7H7NO3S/c9-5-2-1-3-8-7(5)12-4-6(10)11/h1-3,9H,4H2,(H,10,11). The number of nitrogens with zero attached hydrogens (tertiary/aromatic N) is 1. The molecule has 2 N–H and O–H groups in total. The van der Waals surface area contributed by atoms with Gasteiger partial charge in [0.25, 0.3) is 0 Å². The lowest BCUT2D eigenvalue weighted by Crippen LogP contribution is -1.97. The van der Waals surface area contributed by atoms with Gasteiger partial charge in [-0.1, -0.05) is 11.8 Å². The first-order chi connectivity index (χ1) is 5.70. The number of carboxylic acids is 1. The Kier molecular flexibility index (Phi) is 2.93. The van der Waals surface area contributed by atoms with Gasteiger partial charge in [-0.3, -0.25) is 4.79 Å². The summed E-state index contributed by atoms with van der Waals surface area (Å²) in [6.45, 7) is 0. The van der Waals surface area contributed by atoms with Gasteiger partial charge in [-0.2, -0.15) is 0 Å². The van der Waals surface area contributed by atoms with Gasteiger partial charge in [0.2, 0.25) is 0 Å². The van der Waals surface area contributed by atoms with Crippen molar-refractivity contribution in [2.45, 2.75) is 5.03 Å². The highest BCUT2D eigenvalue weighted by atomic mass is 32.2. The van der Waals surface area contributed by atoms with Gasteiger partial charge in [0, 0.05) is 6.20 Å². The molecule has 0 spiro atoms. The number of pyridine rings is 1. The number of hydrogen-bond acceptors (Lipinski definition) is 4. The second-order valence-electron chi connectivity index (χ2n) is 2.01. The monoisotopic (exact) mass is 185 g/mol. The minimum Gasteiger partial charge on any atom is -0.505 e.